The van der Waals surface area contributed by atoms with Gasteiger partial charge in [0, 0.05) is 38.4 Å². The van der Waals surface area contributed by atoms with Gasteiger partial charge in [-0.1, -0.05) is 0 Å². The van der Waals surface area contributed by atoms with E-state index in [0.717, 1.165) is 0 Å². The minimum atomic E-state index is -1.26. The number of H-pyrrole nitrogens is 1. The third-order valence-corrected chi connectivity index (χ3v) is 3.39. The molecule has 0 spiro atoms. The predicted octanol–water partition coefficient (Wildman–Crippen LogP) is 0.404. The highest BCUT2D eigenvalue weighted by Gasteiger charge is 2.41. The van der Waals surface area contributed by atoms with Gasteiger partial charge in [-0.25, -0.2) is 14.6 Å². The Hall–Kier alpha value is -2.09. The number of carbonyl (C=O) groups is 2. The molecule has 1 aromatic heterocycles. The van der Waals surface area contributed by atoms with Crippen LogP contribution in [0.3, 0.4) is 0 Å². The molecule has 1 atom stereocenters. The van der Waals surface area contributed by atoms with Crippen LogP contribution in [0.1, 0.15) is 31.6 Å². The van der Waals surface area contributed by atoms with Crippen LogP contribution in [0.15, 0.2) is 12.4 Å². The first-order valence-corrected chi connectivity index (χ1v) is 6.42. The zero-order chi connectivity index (χ0) is 14.6. The number of nitrogens with zero attached hydrogens (tertiary/aromatic N) is 1. The lowest BCUT2D eigenvalue weighted by Gasteiger charge is -2.34. The number of aromatic nitrogens is 2. The number of imidazole rings is 1. The Labute approximate surface area is 115 Å². The summed E-state index contributed by atoms with van der Waals surface area (Å²) in [6.07, 6.45) is 3.75. The highest BCUT2D eigenvalue weighted by Crippen LogP contribution is 2.21. The van der Waals surface area contributed by atoms with Crippen LogP contribution >= 0.6 is 0 Å². The lowest BCUT2D eigenvalue weighted by atomic mass is 9.90. The van der Waals surface area contributed by atoms with Gasteiger partial charge >= 0.3 is 12.0 Å². The molecule has 0 bridgehead atoms. The molecule has 8 heteroatoms. The molecule has 2 heterocycles. The third kappa shape index (κ3) is 3.08. The van der Waals surface area contributed by atoms with Gasteiger partial charge in [0.15, 0.2) is 0 Å². The number of carboxylic acids is 1. The maximum Gasteiger partial charge on any atom is 0.329 e. The Morgan fingerprint density at radius 2 is 2.20 bits per heavy atom. The number of aliphatic carboxylic acids is 1. The molecule has 1 aromatic rings. The Balaban J connectivity index is 1.97. The monoisotopic (exact) mass is 282 g/mol. The number of ether oxygens (including phenoxy) is 1. The molecule has 1 aliphatic rings. The van der Waals surface area contributed by atoms with E-state index >= 15 is 0 Å². The van der Waals surface area contributed by atoms with Crippen LogP contribution < -0.4 is 10.6 Å². The van der Waals surface area contributed by atoms with Crippen molar-refractivity contribution in [2.75, 3.05) is 13.2 Å². The molecule has 2 amide bonds. The largest absolute Gasteiger partial charge is 0.480 e. The van der Waals surface area contributed by atoms with Gasteiger partial charge in [0.25, 0.3) is 0 Å². The Morgan fingerprint density at radius 1 is 1.50 bits per heavy atom. The first-order valence-electron chi connectivity index (χ1n) is 6.42. The molecule has 2 rings (SSSR count). The molecule has 1 saturated heterocycles. The van der Waals surface area contributed by atoms with Crippen LogP contribution in [-0.4, -0.2) is 45.8 Å². The quantitative estimate of drug-likeness (QED) is 0.638. The molecule has 8 nitrogen and oxygen atoms in total. The fourth-order valence-corrected chi connectivity index (χ4v) is 2.14. The SMILES string of the molecule is CC(NC(=O)NC1(C(=O)O)CCOCC1)c1ncc[nH]1. The van der Waals surface area contributed by atoms with Crippen LogP contribution in [0.2, 0.25) is 0 Å². The summed E-state index contributed by atoms with van der Waals surface area (Å²) in [4.78, 5) is 30.3. The molecular weight excluding hydrogens is 264 g/mol. The second-order valence-corrected chi connectivity index (χ2v) is 4.79. The molecule has 20 heavy (non-hydrogen) atoms. The molecule has 0 aliphatic carbocycles. The maximum absolute atomic E-state index is 12.0. The van der Waals surface area contributed by atoms with Gasteiger partial charge < -0.3 is 25.5 Å². The summed E-state index contributed by atoms with van der Waals surface area (Å²) in [7, 11) is 0. The van der Waals surface area contributed by atoms with E-state index in [1.54, 1.807) is 19.3 Å². The number of aromatic amines is 1. The number of carbonyl (C=O) groups excluding carboxylic acids is 1. The van der Waals surface area contributed by atoms with Gasteiger partial charge in [0.1, 0.15) is 11.4 Å². The van der Waals surface area contributed by atoms with Gasteiger partial charge in [-0.2, -0.15) is 0 Å². The fourth-order valence-electron chi connectivity index (χ4n) is 2.14. The molecular formula is C12H18N4O4. The number of nitrogens with one attached hydrogen (secondary N) is 3. The van der Waals surface area contributed by atoms with E-state index in [2.05, 4.69) is 20.6 Å². The van der Waals surface area contributed by atoms with Crippen molar-refractivity contribution in [1.29, 1.82) is 0 Å². The van der Waals surface area contributed by atoms with Gasteiger partial charge in [0.05, 0.1) is 6.04 Å². The van der Waals surface area contributed by atoms with Crippen molar-refractivity contribution >= 4 is 12.0 Å². The van der Waals surface area contributed by atoms with Crippen molar-refractivity contribution in [2.24, 2.45) is 0 Å². The van der Waals surface area contributed by atoms with Crippen molar-refractivity contribution in [1.82, 2.24) is 20.6 Å². The van der Waals surface area contributed by atoms with E-state index in [1.807, 2.05) is 0 Å². The van der Waals surface area contributed by atoms with Crippen molar-refractivity contribution in [3.05, 3.63) is 18.2 Å². The normalized spacial score (nSPS) is 19.1. The van der Waals surface area contributed by atoms with Crippen LogP contribution in [-0.2, 0) is 9.53 Å². The first-order chi connectivity index (χ1) is 9.53. The molecule has 110 valence electrons. The number of hydrogen-bond acceptors (Lipinski definition) is 4. The Bertz CT molecular complexity index is 468. The average Bonchev–Trinajstić information content (AvgIpc) is 2.93. The summed E-state index contributed by atoms with van der Waals surface area (Å²) in [6.45, 7) is 2.40. The number of rotatable bonds is 4. The van der Waals surface area contributed by atoms with Gasteiger partial charge in [0.2, 0.25) is 0 Å². The topological polar surface area (TPSA) is 116 Å². The molecule has 0 saturated carbocycles. The summed E-state index contributed by atoms with van der Waals surface area (Å²) in [5.74, 6) is -0.432. The van der Waals surface area contributed by atoms with E-state index < -0.39 is 17.5 Å². The van der Waals surface area contributed by atoms with E-state index in [9.17, 15) is 14.7 Å². The van der Waals surface area contributed by atoms with Gasteiger partial charge in [-0.15, -0.1) is 0 Å². The van der Waals surface area contributed by atoms with Crippen molar-refractivity contribution in [2.45, 2.75) is 31.3 Å². The van der Waals surface area contributed by atoms with Crippen LogP contribution in [0, 0.1) is 0 Å². The van der Waals surface area contributed by atoms with E-state index in [0.29, 0.717) is 19.0 Å². The Morgan fingerprint density at radius 3 is 2.75 bits per heavy atom. The molecule has 0 aromatic carbocycles. The molecule has 1 aliphatic heterocycles. The number of urea groups is 1. The molecule has 1 unspecified atom stereocenters. The molecule has 4 N–H and O–H groups in total. The number of hydrogen-bond donors (Lipinski definition) is 4. The summed E-state index contributed by atoms with van der Waals surface area (Å²) < 4.78 is 5.15. The van der Waals surface area contributed by atoms with Crippen LogP contribution in [0.4, 0.5) is 4.79 Å². The fraction of sp³-hybridized carbons (Fsp3) is 0.583. The van der Waals surface area contributed by atoms with Crippen LogP contribution in [0.5, 0.6) is 0 Å². The standard InChI is InChI=1S/C12H18N4O4/c1-8(9-13-4-5-14-9)15-11(19)16-12(10(17)18)2-6-20-7-3-12/h4-5,8H,2-3,6-7H2,1H3,(H,13,14)(H,17,18)(H2,15,16,19). The Kier molecular flexibility index (Phi) is 4.23. The summed E-state index contributed by atoms with van der Waals surface area (Å²) in [5, 5.41) is 14.6. The van der Waals surface area contributed by atoms with Crippen molar-refractivity contribution < 1.29 is 19.4 Å². The predicted molar refractivity (Wildman–Crippen MR) is 69.1 cm³/mol. The van der Waals surface area contributed by atoms with Gasteiger partial charge in [-0.05, 0) is 6.92 Å². The van der Waals surface area contributed by atoms with Crippen LogP contribution in [0.25, 0.3) is 0 Å². The zero-order valence-corrected chi connectivity index (χ0v) is 11.2. The highest BCUT2D eigenvalue weighted by molar-refractivity contribution is 5.86. The summed E-state index contributed by atoms with van der Waals surface area (Å²) >= 11 is 0. The number of amides is 2. The second-order valence-electron chi connectivity index (χ2n) is 4.79. The average molecular weight is 282 g/mol. The van der Waals surface area contributed by atoms with Crippen molar-refractivity contribution in [3.8, 4) is 0 Å². The summed E-state index contributed by atoms with van der Waals surface area (Å²) in [5.41, 5.74) is -1.26. The van der Waals surface area contributed by atoms with Crippen molar-refractivity contribution in [3.63, 3.8) is 0 Å². The van der Waals surface area contributed by atoms with E-state index in [4.69, 9.17) is 4.74 Å². The van der Waals surface area contributed by atoms with Gasteiger partial charge in [-0.3, -0.25) is 0 Å². The smallest absolute Gasteiger partial charge is 0.329 e. The third-order valence-electron chi connectivity index (χ3n) is 3.39. The minimum Gasteiger partial charge on any atom is -0.480 e. The lowest BCUT2D eigenvalue weighted by Crippen LogP contribution is -2.59. The highest BCUT2D eigenvalue weighted by atomic mass is 16.5. The maximum atomic E-state index is 12.0. The number of carboxylic acid groups (broad SMARTS) is 1. The second kappa shape index (κ2) is 5.91. The zero-order valence-electron chi connectivity index (χ0n) is 11.2. The van der Waals surface area contributed by atoms with E-state index in [-0.39, 0.29) is 18.9 Å². The molecule has 0 radical (unpaired) electrons. The first kappa shape index (κ1) is 14.3. The summed E-state index contributed by atoms with van der Waals surface area (Å²) in [6, 6.07) is -0.867. The lowest BCUT2D eigenvalue weighted by molar-refractivity contribution is -0.148. The minimum absolute atomic E-state index is 0.255. The molecule has 1 fully saturated rings. The van der Waals surface area contributed by atoms with E-state index in [1.165, 1.54) is 0 Å².